The second-order valence-electron chi connectivity index (χ2n) is 6.71. The number of nitrogens with two attached hydrogens (primary N) is 1. The largest absolute Gasteiger partial charge is 0.453 e. The summed E-state index contributed by atoms with van der Waals surface area (Å²) in [6, 6.07) is -0.0172. The normalized spacial score (nSPS) is 16.1. The second-order valence-corrected chi connectivity index (χ2v) is 6.71. The molecule has 0 bridgehead atoms. The van der Waals surface area contributed by atoms with E-state index in [0.717, 1.165) is 17.4 Å². The average Bonchev–Trinajstić information content (AvgIpc) is 3.31. The number of alkyl halides is 3. The van der Waals surface area contributed by atoms with E-state index in [1.807, 2.05) is 0 Å². The smallest absolute Gasteiger partial charge is 0.355 e. The van der Waals surface area contributed by atoms with Crippen molar-refractivity contribution < 1.29 is 18.0 Å². The summed E-state index contributed by atoms with van der Waals surface area (Å²) < 4.78 is 39.5. The number of hydrogen-bond donors (Lipinski definition) is 2. The van der Waals surface area contributed by atoms with Crippen LogP contribution in [-0.4, -0.2) is 38.1 Å². The molecule has 1 fully saturated rings. The van der Waals surface area contributed by atoms with E-state index in [0.29, 0.717) is 35.8 Å². The van der Waals surface area contributed by atoms with Crippen LogP contribution in [-0.2, 0) is 17.4 Å². The first-order valence-electron chi connectivity index (χ1n) is 8.49. The molecule has 10 heteroatoms. The molecule has 142 valence electrons. The number of hydrogen-bond acceptors (Lipinski definition) is 5. The lowest BCUT2D eigenvalue weighted by molar-refractivity contribution is -0.144. The third-order valence-electron chi connectivity index (χ3n) is 4.67. The van der Waals surface area contributed by atoms with Crippen LogP contribution in [0.5, 0.6) is 0 Å². The van der Waals surface area contributed by atoms with Gasteiger partial charge in [-0.05, 0) is 44.6 Å². The highest BCUT2D eigenvalue weighted by Gasteiger charge is 2.37. The van der Waals surface area contributed by atoms with Crippen LogP contribution in [0.15, 0.2) is 0 Å². The van der Waals surface area contributed by atoms with Crippen molar-refractivity contribution in [1.29, 1.82) is 0 Å². The highest BCUT2D eigenvalue weighted by atomic mass is 19.4. The fraction of sp³-hybridized carbons (Fsp3) is 0.625. The number of nitrogens with one attached hydrogen (secondary N) is 1. The van der Waals surface area contributed by atoms with Crippen LogP contribution < -0.4 is 11.1 Å². The van der Waals surface area contributed by atoms with Crippen molar-refractivity contribution in [3.63, 3.8) is 0 Å². The van der Waals surface area contributed by atoms with Gasteiger partial charge in [-0.15, -0.1) is 5.10 Å². The maximum absolute atomic E-state index is 12.8. The van der Waals surface area contributed by atoms with Gasteiger partial charge in [-0.25, -0.2) is 9.50 Å². The summed E-state index contributed by atoms with van der Waals surface area (Å²) in [6.45, 7) is 3.77. The molecule has 2 aromatic heterocycles. The Kier molecular flexibility index (Phi) is 4.87. The highest BCUT2D eigenvalue weighted by Crippen LogP contribution is 2.31. The Bertz CT molecular complexity index is 827. The van der Waals surface area contributed by atoms with E-state index in [-0.39, 0.29) is 24.1 Å². The Morgan fingerprint density at radius 2 is 2.04 bits per heavy atom. The van der Waals surface area contributed by atoms with Crippen LogP contribution in [0.3, 0.4) is 0 Å². The van der Waals surface area contributed by atoms with Gasteiger partial charge in [0.2, 0.25) is 5.91 Å². The number of halogens is 3. The number of carbonyl (C=O) groups is 1. The lowest BCUT2D eigenvalue weighted by Gasteiger charge is -2.13. The molecule has 0 radical (unpaired) electrons. The van der Waals surface area contributed by atoms with Gasteiger partial charge in [0.05, 0.1) is 0 Å². The van der Waals surface area contributed by atoms with Gasteiger partial charge < -0.3 is 11.1 Å². The van der Waals surface area contributed by atoms with Gasteiger partial charge in [-0.3, -0.25) is 4.79 Å². The molecule has 7 nitrogen and oxygen atoms in total. The lowest BCUT2D eigenvalue weighted by Crippen LogP contribution is -2.38. The molecule has 0 aromatic carbocycles. The fourth-order valence-electron chi connectivity index (χ4n) is 2.94. The average molecular weight is 370 g/mol. The van der Waals surface area contributed by atoms with Crippen LogP contribution in [0.4, 0.5) is 13.2 Å². The summed E-state index contributed by atoms with van der Waals surface area (Å²) in [7, 11) is 0. The molecule has 3 rings (SSSR count). The van der Waals surface area contributed by atoms with Gasteiger partial charge >= 0.3 is 6.18 Å². The summed E-state index contributed by atoms with van der Waals surface area (Å²) >= 11 is 0. The van der Waals surface area contributed by atoms with Crippen molar-refractivity contribution in [1.82, 2.24) is 24.9 Å². The summed E-state index contributed by atoms with van der Waals surface area (Å²) in [6.07, 6.45) is -1.86. The SMILES string of the molecule is Cc1nc2nc(C(F)(F)F)nn2c(C)c1CCC(=O)NCC(N)C1CC1. The van der Waals surface area contributed by atoms with Crippen molar-refractivity contribution in [2.75, 3.05) is 6.54 Å². The number of fused-ring (bicyclic) bond motifs is 1. The van der Waals surface area contributed by atoms with Crippen molar-refractivity contribution >= 4 is 11.7 Å². The molecule has 1 atom stereocenters. The standard InChI is InChI=1S/C16H21F3N6O/c1-8-11(5-6-13(26)21-7-12(20)10-3-4-10)9(2)25-15(22-8)23-14(24-25)16(17,18)19/h10,12H,3-7,20H2,1-2H3,(H,21,26). The fourth-order valence-corrected chi connectivity index (χ4v) is 2.94. The van der Waals surface area contributed by atoms with E-state index in [9.17, 15) is 18.0 Å². The summed E-state index contributed by atoms with van der Waals surface area (Å²) in [5, 5.41) is 6.31. The lowest BCUT2D eigenvalue weighted by atomic mass is 10.1. The quantitative estimate of drug-likeness (QED) is 0.804. The molecular formula is C16H21F3N6O. The Morgan fingerprint density at radius 3 is 2.65 bits per heavy atom. The van der Waals surface area contributed by atoms with Crippen molar-refractivity contribution in [3.05, 3.63) is 22.8 Å². The van der Waals surface area contributed by atoms with Crippen LogP contribution in [0.25, 0.3) is 5.78 Å². The van der Waals surface area contributed by atoms with E-state index in [1.54, 1.807) is 13.8 Å². The predicted molar refractivity (Wildman–Crippen MR) is 87.3 cm³/mol. The first kappa shape index (κ1) is 18.6. The molecule has 1 aliphatic rings. The first-order chi connectivity index (χ1) is 12.2. The van der Waals surface area contributed by atoms with E-state index in [2.05, 4.69) is 20.4 Å². The molecule has 0 spiro atoms. The van der Waals surface area contributed by atoms with E-state index < -0.39 is 12.0 Å². The third kappa shape index (κ3) is 3.95. The van der Waals surface area contributed by atoms with E-state index in [4.69, 9.17) is 5.73 Å². The number of aryl methyl sites for hydroxylation is 2. The summed E-state index contributed by atoms with van der Waals surface area (Å²) in [4.78, 5) is 19.5. The van der Waals surface area contributed by atoms with Gasteiger partial charge in [0.15, 0.2) is 0 Å². The first-order valence-corrected chi connectivity index (χ1v) is 8.49. The second kappa shape index (κ2) is 6.82. The van der Waals surface area contributed by atoms with Crippen LogP contribution in [0.1, 0.15) is 42.0 Å². The van der Waals surface area contributed by atoms with E-state index >= 15 is 0 Å². The van der Waals surface area contributed by atoms with Gasteiger partial charge in [0.1, 0.15) is 0 Å². The van der Waals surface area contributed by atoms with Gasteiger partial charge in [0.25, 0.3) is 11.6 Å². The Morgan fingerprint density at radius 1 is 1.35 bits per heavy atom. The molecule has 1 unspecified atom stereocenters. The monoisotopic (exact) mass is 370 g/mol. The zero-order chi connectivity index (χ0) is 19.1. The van der Waals surface area contributed by atoms with Crippen LogP contribution in [0, 0.1) is 19.8 Å². The number of aromatic nitrogens is 4. The Labute approximate surface area is 148 Å². The molecule has 26 heavy (non-hydrogen) atoms. The minimum atomic E-state index is -4.63. The van der Waals surface area contributed by atoms with Crippen molar-refractivity contribution in [2.45, 2.75) is 51.7 Å². The number of carbonyl (C=O) groups excluding carboxylic acids is 1. The van der Waals surface area contributed by atoms with Crippen molar-refractivity contribution in [2.24, 2.45) is 11.7 Å². The number of amides is 1. The molecular weight excluding hydrogens is 349 g/mol. The van der Waals surface area contributed by atoms with E-state index in [1.165, 1.54) is 0 Å². The summed E-state index contributed by atoms with van der Waals surface area (Å²) in [5.74, 6) is -0.969. The molecule has 1 aliphatic carbocycles. The minimum absolute atomic E-state index is 0.0172. The zero-order valence-corrected chi connectivity index (χ0v) is 14.6. The predicted octanol–water partition coefficient (Wildman–Crippen LogP) is 1.55. The maximum atomic E-state index is 12.8. The Balaban J connectivity index is 1.69. The number of nitrogens with zero attached hydrogens (tertiary/aromatic N) is 4. The van der Waals surface area contributed by atoms with Crippen molar-refractivity contribution in [3.8, 4) is 0 Å². The van der Waals surface area contributed by atoms with Gasteiger partial charge in [-0.2, -0.15) is 18.2 Å². The van der Waals surface area contributed by atoms with Crippen LogP contribution >= 0.6 is 0 Å². The van der Waals surface area contributed by atoms with Gasteiger partial charge in [-0.1, -0.05) is 0 Å². The molecule has 2 aromatic rings. The molecule has 0 saturated heterocycles. The zero-order valence-electron chi connectivity index (χ0n) is 14.6. The molecule has 0 aliphatic heterocycles. The molecule has 1 amide bonds. The minimum Gasteiger partial charge on any atom is -0.355 e. The third-order valence-corrected chi connectivity index (χ3v) is 4.67. The van der Waals surface area contributed by atoms with Crippen LogP contribution in [0.2, 0.25) is 0 Å². The van der Waals surface area contributed by atoms with Gasteiger partial charge in [0, 0.05) is 30.4 Å². The molecule has 1 saturated carbocycles. The molecule has 2 heterocycles. The highest BCUT2D eigenvalue weighted by molar-refractivity contribution is 5.76. The topological polar surface area (TPSA) is 98.2 Å². The summed E-state index contributed by atoms with van der Waals surface area (Å²) in [5.41, 5.74) is 7.68. The maximum Gasteiger partial charge on any atom is 0.453 e. The number of rotatable bonds is 6. The Hall–Kier alpha value is -2.23. The molecule has 3 N–H and O–H groups in total.